The van der Waals surface area contributed by atoms with Crippen LogP contribution >= 0.6 is 35.0 Å². The van der Waals surface area contributed by atoms with Crippen LogP contribution in [0, 0.1) is 6.92 Å². The lowest BCUT2D eigenvalue weighted by atomic mass is 10.2. The van der Waals surface area contributed by atoms with E-state index in [0.717, 1.165) is 5.56 Å². The zero-order valence-electron chi connectivity index (χ0n) is 13.7. The van der Waals surface area contributed by atoms with E-state index in [1.807, 2.05) is 25.1 Å². The summed E-state index contributed by atoms with van der Waals surface area (Å²) in [7, 11) is 0. The fourth-order valence-electron chi connectivity index (χ4n) is 2.24. The number of hydrogen-bond donors (Lipinski definition) is 2. The average molecular weight is 408 g/mol. The highest BCUT2D eigenvalue weighted by Crippen LogP contribution is 2.28. The summed E-state index contributed by atoms with van der Waals surface area (Å²) in [4.78, 5) is 12.2. The number of nitrogens with two attached hydrogens (primary N) is 1. The number of carbonyl (C=O) groups excluding carboxylic acids is 1. The van der Waals surface area contributed by atoms with Crippen molar-refractivity contribution in [1.82, 2.24) is 14.9 Å². The normalized spacial score (nSPS) is 10.7. The van der Waals surface area contributed by atoms with Gasteiger partial charge < -0.3 is 11.2 Å². The highest BCUT2D eigenvalue weighted by Gasteiger charge is 2.16. The predicted molar refractivity (Wildman–Crippen MR) is 106 cm³/mol. The third-order valence-electron chi connectivity index (χ3n) is 3.51. The Morgan fingerprint density at radius 3 is 2.69 bits per heavy atom. The molecule has 1 aromatic heterocycles. The van der Waals surface area contributed by atoms with Gasteiger partial charge in [0.15, 0.2) is 5.82 Å². The van der Waals surface area contributed by atoms with Gasteiger partial charge >= 0.3 is 0 Å². The number of aromatic nitrogens is 3. The van der Waals surface area contributed by atoms with Crippen LogP contribution in [0.3, 0.4) is 0 Å². The third kappa shape index (κ3) is 4.12. The Balaban J connectivity index is 1.67. The van der Waals surface area contributed by atoms with Gasteiger partial charge in [0.05, 0.1) is 21.5 Å². The van der Waals surface area contributed by atoms with Gasteiger partial charge in [0.1, 0.15) is 0 Å². The van der Waals surface area contributed by atoms with Gasteiger partial charge in [-0.25, -0.2) is 4.68 Å². The summed E-state index contributed by atoms with van der Waals surface area (Å²) in [6.45, 7) is 1.93. The largest absolute Gasteiger partial charge is 0.335 e. The maximum absolute atomic E-state index is 12.2. The number of nitrogen functional groups attached to an aromatic ring is 1. The Hall–Kier alpha value is -2.22. The number of hydrogen-bond acceptors (Lipinski definition) is 5. The molecule has 3 aromatic rings. The van der Waals surface area contributed by atoms with Crippen molar-refractivity contribution < 1.29 is 4.79 Å². The van der Waals surface area contributed by atoms with Crippen LogP contribution in [0.2, 0.25) is 10.0 Å². The van der Waals surface area contributed by atoms with Gasteiger partial charge in [0, 0.05) is 5.56 Å². The van der Waals surface area contributed by atoms with Gasteiger partial charge in [-0.3, -0.25) is 4.79 Å². The SMILES string of the molecule is Cc1ccc(NC(=O)CSc2nnc(-c3ccccc3Cl)n2N)c(Cl)c1. The van der Waals surface area contributed by atoms with Crippen molar-refractivity contribution in [2.24, 2.45) is 0 Å². The quantitative estimate of drug-likeness (QED) is 0.492. The Kier molecular flexibility index (Phi) is 5.70. The van der Waals surface area contributed by atoms with Gasteiger partial charge in [-0.15, -0.1) is 10.2 Å². The van der Waals surface area contributed by atoms with E-state index in [-0.39, 0.29) is 11.7 Å². The topological polar surface area (TPSA) is 85.8 Å². The lowest BCUT2D eigenvalue weighted by Gasteiger charge is -2.08. The molecule has 0 spiro atoms. The second kappa shape index (κ2) is 7.99. The number of carbonyl (C=O) groups is 1. The summed E-state index contributed by atoms with van der Waals surface area (Å²) in [5.74, 6) is 6.37. The smallest absolute Gasteiger partial charge is 0.234 e. The van der Waals surface area contributed by atoms with E-state index in [1.54, 1.807) is 24.3 Å². The van der Waals surface area contributed by atoms with Crippen LogP contribution in [0.25, 0.3) is 11.4 Å². The van der Waals surface area contributed by atoms with Crippen LogP contribution in [0.15, 0.2) is 47.6 Å². The van der Waals surface area contributed by atoms with Crippen LogP contribution in [0.1, 0.15) is 5.56 Å². The number of benzene rings is 2. The molecule has 9 heteroatoms. The summed E-state index contributed by atoms with van der Waals surface area (Å²) in [5.41, 5.74) is 2.26. The first-order valence-corrected chi connectivity index (χ1v) is 9.34. The zero-order valence-corrected chi connectivity index (χ0v) is 16.1. The van der Waals surface area contributed by atoms with E-state index in [2.05, 4.69) is 15.5 Å². The van der Waals surface area contributed by atoms with Gasteiger partial charge in [0.25, 0.3) is 0 Å². The lowest BCUT2D eigenvalue weighted by Crippen LogP contribution is -2.16. The van der Waals surface area contributed by atoms with E-state index < -0.39 is 0 Å². The first-order valence-electron chi connectivity index (χ1n) is 7.60. The highest BCUT2D eigenvalue weighted by molar-refractivity contribution is 7.99. The monoisotopic (exact) mass is 407 g/mol. The summed E-state index contributed by atoms with van der Waals surface area (Å²) in [6.07, 6.45) is 0. The molecule has 0 aliphatic rings. The number of halogens is 2. The number of thioether (sulfide) groups is 1. The molecular formula is C17H15Cl2N5OS. The van der Waals surface area contributed by atoms with Gasteiger partial charge in [-0.2, -0.15) is 0 Å². The molecular weight excluding hydrogens is 393 g/mol. The third-order valence-corrected chi connectivity index (χ3v) is 5.10. The minimum Gasteiger partial charge on any atom is -0.335 e. The number of nitrogens with zero attached hydrogens (tertiary/aromatic N) is 3. The maximum atomic E-state index is 12.2. The molecule has 0 radical (unpaired) electrons. The van der Waals surface area contributed by atoms with Crippen LogP contribution in [-0.2, 0) is 4.79 Å². The Labute approximate surface area is 164 Å². The van der Waals surface area contributed by atoms with Crippen LogP contribution < -0.4 is 11.2 Å². The molecule has 0 aliphatic carbocycles. The van der Waals surface area contributed by atoms with Gasteiger partial charge in [-0.05, 0) is 36.8 Å². The molecule has 0 bridgehead atoms. The number of rotatable bonds is 5. The molecule has 1 heterocycles. The summed E-state index contributed by atoms with van der Waals surface area (Å²) >= 11 is 13.5. The van der Waals surface area contributed by atoms with E-state index in [1.165, 1.54) is 16.4 Å². The minimum atomic E-state index is -0.219. The second-order valence-electron chi connectivity index (χ2n) is 5.48. The molecule has 0 fully saturated rings. The van der Waals surface area contributed by atoms with Crippen LogP contribution in [0.5, 0.6) is 0 Å². The molecule has 3 N–H and O–H groups in total. The standard InChI is InChI=1S/C17H15Cl2N5OS/c1-10-6-7-14(13(19)8-10)21-15(25)9-26-17-23-22-16(24(17)20)11-4-2-3-5-12(11)18/h2-8H,9,20H2,1H3,(H,21,25). The lowest BCUT2D eigenvalue weighted by molar-refractivity contribution is -0.113. The van der Waals surface area contributed by atoms with E-state index in [0.29, 0.717) is 32.3 Å². The van der Waals surface area contributed by atoms with Crippen molar-refractivity contribution in [3.63, 3.8) is 0 Å². The molecule has 0 saturated heterocycles. The Morgan fingerprint density at radius 2 is 1.96 bits per heavy atom. The molecule has 0 aliphatic heterocycles. The van der Waals surface area contributed by atoms with E-state index in [4.69, 9.17) is 29.0 Å². The molecule has 3 rings (SSSR count). The molecule has 0 atom stereocenters. The van der Waals surface area contributed by atoms with Crippen LogP contribution in [0.4, 0.5) is 5.69 Å². The predicted octanol–water partition coefficient (Wildman–Crippen LogP) is 4.00. The van der Waals surface area contributed by atoms with Crippen molar-refractivity contribution in [3.05, 3.63) is 58.1 Å². The Morgan fingerprint density at radius 1 is 1.19 bits per heavy atom. The number of amides is 1. The summed E-state index contributed by atoms with van der Waals surface area (Å²) < 4.78 is 1.32. The fourth-order valence-corrected chi connectivity index (χ4v) is 3.40. The minimum absolute atomic E-state index is 0.113. The summed E-state index contributed by atoms with van der Waals surface area (Å²) in [6, 6.07) is 12.6. The van der Waals surface area contributed by atoms with E-state index >= 15 is 0 Å². The molecule has 6 nitrogen and oxygen atoms in total. The zero-order chi connectivity index (χ0) is 18.7. The van der Waals surface area contributed by atoms with Crippen molar-refractivity contribution in [1.29, 1.82) is 0 Å². The highest BCUT2D eigenvalue weighted by atomic mass is 35.5. The number of aryl methyl sites for hydroxylation is 1. The molecule has 2 aromatic carbocycles. The Bertz CT molecular complexity index is 960. The van der Waals surface area contributed by atoms with Crippen molar-refractivity contribution in [2.75, 3.05) is 16.9 Å². The van der Waals surface area contributed by atoms with Crippen molar-refractivity contribution in [3.8, 4) is 11.4 Å². The van der Waals surface area contributed by atoms with Crippen molar-refractivity contribution >= 4 is 46.6 Å². The fraction of sp³-hybridized carbons (Fsp3) is 0.118. The van der Waals surface area contributed by atoms with Crippen molar-refractivity contribution in [2.45, 2.75) is 12.1 Å². The number of nitrogens with one attached hydrogen (secondary N) is 1. The van der Waals surface area contributed by atoms with Gasteiger partial charge in [-0.1, -0.05) is 53.2 Å². The molecule has 0 saturated carbocycles. The molecule has 1 amide bonds. The maximum Gasteiger partial charge on any atom is 0.234 e. The molecule has 26 heavy (non-hydrogen) atoms. The van der Waals surface area contributed by atoms with Crippen LogP contribution in [-0.4, -0.2) is 26.5 Å². The molecule has 134 valence electrons. The van der Waals surface area contributed by atoms with E-state index in [9.17, 15) is 4.79 Å². The molecule has 0 unspecified atom stereocenters. The van der Waals surface area contributed by atoms with Gasteiger partial charge in [0.2, 0.25) is 11.1 Å². The first kappa shape index (κ1) is 18.6. The summed E-state index contributed by atoms with van der Waals surface area (Å²) in [5, 5.41) is 12.3. The second-order valence-corrected chi connectivity index (χ2v) is 7.23. The number of anilines is 1. The average Bonchev–Trinajstić information content (AvgIpc) is 2.97. The first-order chi connectivity index (χ1) is 12.5.